The Morgan fingerprint density at radius 3 is 2.31 bits per heavy atom. The van der Waals surface area contributed by atoms with Gasteiger partial charge in [0.15, 0.2) is 18.7 Å². The molecular weight excluding hydrogens is 718 g/mol. The van der Waals surface area contributed by atoms with E-state index in [1.807, 2.05) is 19.9 Å². The minimum absolute atomic E-state index is 0.0381. The van der Waals surface area contributed by atoms with E-state index in [0.29, 0.717) is 6.42 Å². The van der Waals surface area contributed by atoms with Gasteiger partial charge in [0, 0.05) is 33.5 Å². The Balaban J connectivity index is 1.93. The third-order valence-electron chi connectivity index (χ3n) is 10.9. The first-order valence-electron chi connectivity index (χ1n) is 19.4. The van der Waals surface area contributed by atoms with E-state index >= 15 is 0 Å². The molecule has 15 heteroatoms. The summed E-state index contributed by atoms with van der Waals surface area (Å²) in [6.45, 7) is 12.5. The van der Waals surface area contributed by atoms with Gasteiger partial charge in [-0.25, -0.2) is 0 Å². The average Bonchev–Trinajstić information content (AvgIpc) is 3.10. The molecule has 0 aromatic carbocycles. The molecule has 316 valence electrons. The van der Waals surface area contributed by atoms with Crippen LogP contribution >= 0.6 is 0 Å². The van der Waals surface area contributed by atoms with Crippen molar-refractivity contribution in [1.82, 2.24) is 4.90 Å². The SMILES string of the molecule is CO[C@@H]1[C@@H](O[C@@H]2O[C@H](C)[C@@H](O[C@H]3C[C@@](C)(OC)[C@@H](OC(=O)C(C)C)[C@H](C)O3)[C@H](N(C)C)[C@H]2O)[C@@H](CC=O)C[C@@H](C)[C@@H](O)/C=C/C=C/C[C@@H](C)OC(=O)C[C@H]1O. The topological polar surface area (TPSA) is 189 Å². The lowest BCUT2D eigenvalue weighted by Crippen LogP contribution is -2.66. The Hall–Kier alpha value is -2.31. The minimum Gasteiger partial charge on any atom is -0.462 e. The van der Waals surface area contributed by atoms with Gasteiger partial charge < -0.3 is 62.9 Å². The van der Waals surface area contributed by atoms with Crippen LogP contribution in [0.25, 0.3) is 0 Å². The highest BCUT2D eigenvalue weighted by molar-refractivity contribution is 5.72. The van der Waals surface area contributed by atoms with E-state index in [0.717, 1.165) is 6.29 Å². The Morgan fingerprint density at radius 1 is 1.02 bits per heavy atom. The number of nitrogens with zero attached hydrogens (tertiary/aromatic N) is 1. The van der Waals surface area contributed by atoms with Gasteiger partial charge in [0.2, 0.25) is 0 Å². The Labute approximate surface area is 326 Å². The van der Waals surface area contributed by atoms with Crippen molar-refractivity contribution in [1.29, 1.82) is 0 Å². The molecule has 15 nitrogen and oxygen atoms in total. The number of carbonyl (C=O) groups is 3. The molecule has 3 heterocycles. The second-order valence-corrected chi connectivity index (χ2v) is 16.0. The Bertz CT molecular complexity index is 1280. The van der Waals surface area contributed by atoms with E-state index in [-0.39, 0.29) is 37.1 Å². The molecule has 3 N–H and O–H groups in total. The smallest absolute Gasteiger partial charge is 0.308 e. The Kier molecular flexibility index (Phi) is 18.4. The van der Waals surface area contributed by atoms with Gasteiger partial charge in [-0.1, -0.05) is 45.1 Å². The monoisotopic (exact) mass is 785 g/mol. The number of likely N-dealkylation sites (N-methyl/N-ethyl adjacent to an activating group) is 1. The molecular formula is C40H67NO14. The maximum atomic E-state index is 12.9. The molecule has 16 atom stereocenters. The van der Waals surface area contributed by atoms with Crippen molar-refractivity contribution in [3.8, 4) is 0 Å². The summed E-state index contributed by atoms with van der Waals surface area (Å²) in [5.74, 6) is -2.36. The van der Waals surface area contributed by atoms with Crippen LogP contribution in [0.2, 0.25) is 0 Å². The molecule has 0 amide bonds. The number of aliphatic hydroxyl groups excluding tert-OH is 3. The molecule has 0 radical (unpaired) electrons. The van der Waals surface area contributed by atoms with Crippen LogP contribution in [0.4, 0.5) is 0 Å². The van der Waals surface area contributed by atoms with E-state index in [4.69, 9.17) is 37.9 Å². The fourth-order valence-electron chi connectivity index (χ4n) is 7.70. The van der Waals surface area contributed by atoms with Gasteiger partial charge in [0.1, 0.15) is 36.3 Å². The van der Waals surface area contributed by atoms with Crippen molar-refractivity contribution < 1.29 is 67.6 Å². The van der Waals surface area contributed by atoms with Crippen molar-refractivity contribution in [2.45, 2.75) is 166 Å². The summed E-state index contributed by atoms with van der Waals surface area (Å²) >= 11 is 0. The number of ether oxygens (including phenoxy) is 8. The van der Waals surface area contributed by atoms with E-state index < -0.39 is 104 Å². The number of rotatable bonds is 11. The van der Waals surface area contributed by atoms with Crippen LogP contribution in [0.5, 0.6) is 0 Å². The molecule has 3 aliphatic heterocycles. The van der Waals surface area contributed by atoms with Crippen LogP contribution in [-0.4, -0.2) is 152 Å². The van der Waals surface area contributed by atoms with Crippen molar-refractivity contribution in [3.05, 3.63) is 24.3 Å². The fourth-order valence-corrected chi connectivity index (χ4v) is 7.70. The third kappa shape index (κ3) is 12.6. The van der Waals surface area contributed by atoms with Crippen molar-refractivity contribution in [2.24, 2.45) is 17.8 Å². The largest absolute Gasteiger partial charge is 0.462 e. The first kappa shape index (κ1) is 47.1. The normalized spacial score (nSPS) is 42.4. The van der Waals surface area contributed by atoms with Crippen molar-refractivity contribution in [2.75, 3.05) is 28.3 Å². The van der Waals surface area contributed by atoms with Gasteiger partial charge in [0.05, 0.1) is 48.9 Å². The van der Waals surface area contributed by atoms with Crippen LogP contribution in [-0.2, 0) is 52.3 Å². The fraction of sp³-hybridized carbons (Fsp3) is 0.825. The molecule has 2 saturated heterocycles. The number of allylic oxidation sites excluding steroid dienone is 2. The average molecular weight is 786 g/mol. The number of methoxy groups -OCH3 is 2. The standard InChI is InChI=1S/C40H67NO14/c1-22(2)38(47)55-37-26(6)51-31(21-40(37,7)49-11)53-34-25(5)52-39(33(46)32(34)41(8)9)54-35-27(17-18-42)19-23(3)28(43)16-14-12-13-15-24(4)50-30(45)20-29(44)36(35)48-10/h12-14,16,18,22-29,31-37,39,43-44,46H,15,17,19-21H2,1-11H3/b13-12+,16-14+/t23-,24-,25-,26+,27+,28+,29-,31+,32-,33-,34-,35+,36+,37+,39+,40-/m1/s1. The van der Waals surface area contributed by atoms with E-state index in [9.17, 15) is 29.7 Å². The molecule has 0 aromatic heterocycles. The maximum Gasteiger partial charge on any atom is 0.308 e. The highest BCUT2D eigenvalue weighted by atomic mass is 16.7. The molecule has 55 heavy (non-hydrogen) atoms. The predicted molar refractivity (Wildman–Crippen MR) is 200 cm³/mol. The minimum atomic E-state index is -1.42. The lowest BCUT2D eigenvalue weighted by Gasteiger charge is -2.51. The van der Waals surface area contributed by atoms with Gasteiger partial charge >= 0.3 is 11.9 Å². The first-order chi connectivity index (χ1) is 25.9. The molecule has 3 aliphatic rings. The van der Waals surface area contributed by atoms with Gasteiger partial charge in [-0.15, -0.1) is 0 Å². The zero-order valence-corrected chi connectivity index (χ0v) is 34.4. The number of carbonyl (C=O) groups excluding carboxylic acids is 3. The van der Waals surface area contributed by atoms with Gasteiger partial charge in [-0.3, -0.25) is 9.59 Å². The number of aldehydes is 1. The second-order valence-electron chi connectivity index (χ2n) is 16.0. The van der Waals surface area contributed by atoms with E-state index in [1.165, 1.54) is 7.11 Å². The molecule has 0 aliphatic carbocycles. The summed E-state index contributed by atoms with van der Waals surface area (Å²) in [7, 11) is 6.47. The van der Waals surface area contributed by atoms with Crippen molar-refractivity contribution >= 4 is 18.2 Å². The molecule has 0 saturated carbocycles. The highest BCUT2D eigenvalue weighted by Crippen LogP contribution is 2.38. The van der Waals surface area contributed by atoms with Crippen molar-refractivity contribution in [3.63, 3.8) is 0 Å². The summed E-state index contributed by atoms with van der Waals surface area (Å²) < 4.78 is 48.8. The molecule has 0 unspecified atom stereocenters. The summed E-state index contributed by atoms with van der Waals surface area (Å²) in [5.41, 5.74) is -0.945. The molecule has 0 bridgehead atoms. The van der Waals surface area contributed by atoms with Crippen LogP contribution in [0.15, 0.2) is 24.3 Å². The summed E-state index contributed by atoms with van der Waals surface area (Å²) in [6, 6.07) is -0.713. The van der Waals surface area contributed by atoms with Gasteiger partial charge in [-0.05, 0) is 60.0 Å². The summed E-state index contributed by atoms with van der Waals surface area (Å²) in [6.07, 6.45) is -3.11. The maximum absolute atomic E-state index is 12.9. The van der Waals surface area contributed by atoms with Gasteiger partial charge in [-0.2, -0.15) is 0 Å². The van der Waals surface area contributed by atoms with Crippen LogP contribution < -0.4 is 0 Å². The van der Waals surface area contributed by atoms with Crippen LogP contribution in [0.1, 0.15) is 80.6 Å². The molecule has 2 fully saturated rings. The lowest BCUT2D eigenvalue weighted by molar-refractivity contribution is -0.345. The number of hydrogen-bond donors (Lipinski definition) is 3. The van der Waals surface area contributed by atoms with Gasteiger partial charge in [0.25, 0.3) is 0 Å². The number of aliphatic hydroxyl groups is 3. The van der Waals surface area contributed by atoms with E-state index in [2.05, 4.69) is 0 Å². The summed E-state index contributed by atoms with van der Waals surface area (Å²) in [4.78, 5) is 39.4. The predicted octanol–water partition coefficient (Wildman–Crippen LogP) is 2.71. The summed E-state index contributed by atoms with van der Waals surface area (Å²) in [5, 5.41) is 34.4. The molecule has 3 rings (SSSR count). The zero-order chi connectivity index (χ0) is 41.2. The molecule has 0 spiro atoms. The quantitative estimate of drug-likeness (QED) is 0.205. The number of esters is 2. The highest BCUT2D eigenvalue weighted by Gasteiger charge is 2.53. The van der Waals surface area contributed by atoms with Crippen LogP contribution in [0.3, 0.4) is 0 Å². The molecule has 0 aromatic rings. The Morgan fingerprint density at radius 2 is 1.71 bits per heavy atom. The third-order valence-corrected chi connectivity index (χ3v) is 10.9. The lowest BCUT2D eigenvalue weighted by atomic mass is 9.82. The number of hydrogen-bond acceptors (Lipinski definition) is 15. The first-order valence-corrected chi connectivity index (χ1v) is 19.4. The zero-order valence-electron chi connectivity index (χ0n) is 34.4. The second kappa shape index (κ2) is 21.4. The van der Waals surface area contributed by atoms with E-state index in [1.54, 1.807) is 79.0 Å². The van der Waals surface area contributed by atoms with Crippen LogP contribution in [0, 0.1) is 17.8 Å². The number of cyclic esters (lactones) is 1.